The SMILES string of the molecule is Brc1ccc2c(c1)NC(c1ccc3c(c1)OCO3)CO2. The number of hydrogen-bond acceptors (Lipinski definition) is 4. The minimum atomic E-state index is 0.103. The Morgan fingerprint density at radius 1 is 0.950 bits per heavy atom. The van der Waals surface area contributed by atoms with Crippen molar-refractivity contribution in [1.29, 1.82) is 0 Å². The van der Waals surface area contributed by atoms with Crippen molar-refractivity contribution < 1.29 is 14.2 Å². The summed E-state index contributed by atoms with van der Waals surface area (Å²) in [6, 6.07) is 12.0. The zero-order valence-electron chi connectivity index (χ0n) is 10.6. The number of halogens is 1. The molecule has 102 valence electrons. The molecule has 0 aromatic heterocycles. The highest BCUT2D eigenvalue weighted by molar-refractivity contribution is 9.10. The first-order chi connectivity index (χ1) is 9.79. The zero-order chi connectivity index (χ0) is 13.5. The van der Waals surface area contributed by atoms with Crippen LogP contribution in [0.5, 0.6) is 17.2 Å². The van der Waals surface area contributed by atoms with Crippen LogP contribution >= 0.6 is 15.9 Å². The third-order valence-electron chi connectivity index (χ3n) is 3.48. The standard InChI is InChI=1S/C15H12BrNO3/c16-10-2-4-13-11(6-10)17-12(7-18-13)9-1-3-14-15(5-9)20-8-19-14/h1-6,12,17H,7-8H2. The van der Waals surface area contributed by atoms with Crippen LogP contribution in [0.15, 0.2) is 40.9 Å². The van der Waals surface area contributed by atoms with Gasteiger partial charge >= 0.3 is 0 Å². The van der Waals surface area contributed by atoms with Crippen LogP contribution in [0.4, 0.5) is 5.69 Å². The lowest BCUT2D eigenvalue weighted by atomic mass is 10.0. The highest BCUT2D eigenvalue weighted by Crippen LogP contribution is 2.39. The minimum Gasteiger partial charge on any atom is -0.489 e. The fourth-order valence-electron chi connectivity index (χ4n) is 2.45. The largest absolute Gasteiger partial charge is 0.489 e. The molecule has 1 unspecified atom stereocenters. The third kappa shape index (κ3) is 1.98. The minimum absolute atomic E-state index is 0.103. The smallest absolute Gasteiger partial charge is 0.231 e. The number of rotatable bonds is 1. The number of anilines is 1. The summed E-state index contributed by atoms with van der Waals surface area (Å²) < 4.78 is 17.6. The summed E-state index contributed by atoms with van der Waals surface area (Å²) in [5.74, 6) is 2.48. The van der Waals surface area contributed by atoms with Gasteiger partial charge in [0.05, 0.1) is 11.7 Å². The quantitative estimate of drug-likeness (QED) is 0.863. The maximum absolute atomic E-state index is 5.81. The van der Waals surface area contributed by atoms with Crippen LogP contribution in [0.25, 0.3) is 0 Å². The average molecular weight is 334 g/mol. The van der Waals surface area contributed by atoms with Crippen molar-refractivity contribution in [2.24, 2.45) is 0 Å². The van der Waals surface area contributed by atoms with Crippen molar-refractivity contribution in [3.8, 4) is 17.2 Å². The van der Waals surface area contributed by atoms with Gasteiger partial charge < -0.3 is 19.5 Å². The molecule has 2 aromatic rings. The predicted octanol–water partition coefficient (Wildman–Crippen LogP) is 3.72. The van der Waals surface area contributed by atoms with Gasteiger partial charge in [0.25, 0.3) is 0 Å². The fraction of sp³-hybridized carbons (Fsp3) is 0.200. The first kappa shape index (κ1) is 11.9. The first-order valence-electron chi connectivity index (χ1n) is 6.38. The van der Waals surface area contributed by atoms with Gasteiger partial charge in [0, 0.05) is 4.47 Å². The van der Waals surface area contributed by atoms with Gasteiger partial charge in [0.1, 0.15) is 12.4 Å². The van der Waals surface area contributed by atoms with E-state index in [9.17, 15) is 0 Å². The van der Waals surface area contributed by atoms with Crippen LogP contribution in [-0.2, 0) is 0 Å². The van der Waals surface area contributed by atoms with Gasteiger partial charge in [-0.15, -0.1) is 0 Å². The number of nitrogens with one attached hydrogen (secondary N) is 1. The number of ether oxygens (including phenoxy) is 3. The molecule has 1 atom stereocenters. The Morgan fingerprint density at radius 2 is 1.80 bits per heavy atom. The molecule has 4 nitrogen and oxygen atoms in total. The molecule has 0 aliphatic carbocycles. The lowest BCUT2D eigenvalue weighted by Crippen LogP contribution is -2.23. The molecule has 0 fully saturated rings. The second-order valence-corrected chi connectivity index (χ2v) is 5.68. The molecule has 0 spiro atoms. The van der Waals surface area contributed by atoms with Crippen molar-refractivity contribution >= 4 is 21.6 Å². The normalized spacial score (nSPS) is 18.9. The van der Waals surface area contributed by atoms with Crippen molar-refractivity contribution in [1.82, 2.24) is 0 Å². The van der Waals surface area contributed by atoms with Crippen molar-refractivity contribution in [2.75, 3.05) is 18.7 Å². The van der Waals surface area contributed by atoms with Crippen LogP contribution in [0.3, 0.4) is 0 Å². The van der Waals surface area contributed by atoms with Crippen molar-refractivity contribution in [3.05, 3.63) is 46.4 Å². The van der Waals surface area contributed by atoms with Gasteiger partial charge in [-0.05, 0) is 35.9 Å². The summed E-state index contributed by atoms with van der Waals surface area (Å²) in [6.45, 7) is 0.886. The van der Waals surface area contributed by atoms with E-state index in [4.69, 9.17) is 14.2 Å². The first-order valence-corrected chi connectivity index (χ1v) is 7.17. The molecule has 0 radical (unpaired) electrons. The molecule has 2 aliphatic rings. The number of hydrogen-bond donors (Lipinski definition) is 1. The topological polar surface area (TPSA) is 39.7 Å². The van der Waals surface area contributed by atoms with Gasteiger partial charge in [-0.2, -0.15) is 0 Å². The van der Waals surface area contributed by atoms with E-state index >= 15 is 0 Å². The monoisotopic (exact) mass is 333 g/mol. The Bertz CT molecular complexity index is 674. The Balaban J connectivity index is 1.64. The molecule has 0 saturated carbocycles. The molecular formula is C15H12BrNO3. The maximum atomic E-state index is 5.81. The molecular weight excluding hydrogens is 322 g/mol. The van der Waals surface area contributed by atoms with Crippen molar-refractivity contribution in [3.63, 3.8) is 0 Å². The molecule has 5 heteroatoms. The summed E-state index contributed by atoms with van der Waals surface area (Å²) in [7, 11) is 0. The number of benzene rings is 2. The number of fused-ring (bicyclic) bond motifs is 2. The highest BCUT2D eigenvalue weighted by Gasteiger charge is 2.23. The summed E-state index contributed by atoms with van der Waals surface area (Å²) in [4.78, 5) is 0. The van der Waals surface area contributed by atoms with Crippen LogP contribution < -0.4 is 19.5 Å². The molecule has 4 rings (SSSR count). The average Bonchev–Trinajstić information content (AvgIpc) is 2.93. The molecule has 2 aromatic carbocycles. The van der Waals surface area contributed by atoms with E-state index in [0.29, 0.717) is 13.4 Å². The second-order valence-electron chi connectivity index (χ2n) is 4.76. The van der Waals surface area contributed by atoms with Gasteiger partial charge in [0.15, 0.2) is 11.5 Å². The van der Waals surface area contributed by atoms with Crippen LogP contribution in [-0.4, -0.2) is 13.4 Å². The Kier molecular flexibility index (Phi) is 2.73. The highest BCUT2D eigenvalue weighted by atomic mass is 79.9. The van der Waals surface area contributed by atoms with Gasteiger partial charge in [-0.3, -0.25) is 0 Å². The third-order valence-corrected chi connectivity index (χ3v) is 3.97. The lowest BCUT2D eigenvalue weighted by Gasteiger charge is -2.28. The van der Waals surface area contributed by atoms with E-state index in [1.54, 1.807) is 0 Å². The van der Waals surface area contributed by atoms with E-state index in [1.807, 2.05) is 36.4 Å². The molecule has 0 saturated heterocycles. The van der Waals surface area contributed by atoms with Gasteiger partial charge in [0.2, 0.25) is 6.79 Å². The summed E-state index contributed by atoms with van der Waals surface area (Å²) in [6.07, 6.45) is 0. The van der Waals surface area contributed by atoms with Crippen LogP contribution in [0.1, 0.15) is 11.6 Å². The molecule has 2 heterocycles. The van der Waals surface area contributed by atoms with E-state index in [1.165, 1.54) is 0 Å². The maximum Gasteiger partial charge on any atom is 0.231 e. The molecule has 1 N–H and O–H groups in total. The summed E-state index contributed by atoms with van der Waals surface area (Å²) in [5.41, 5.74) is 2.12. The van der Waals surface area contributed by atoms with Crippen LogP contribution in [0, 0.1) is 0 Å². The van der Waals surface area contributed by atoms with Gasteiger partial charge in [-0.25, -0.2) is 0 Å². The van der Waals surface area contributed by atoms with E-state index < -0.39 is 0 Å². The van der Waals surface area contributed by atoms with E-state index in [-0.39, 0.29) is 6.04 Å². The van der Waals surface area contributed by atoms with Crippen molar-refractivity contribution in [2.45, 2.75) is 6.04 Å². The fourth-order valence-corrected chi connectivity index (χ4v) is 2.81. The lowest BCUT2D eigenvalue weighted by molar-refractivity contribution is 0.174. The Morgan fingerprint density at radius 3 is 2.75 bits per heavy atom. The predicted molar refractivity (Wildman–Crippen MR) is 78.6 cm³/mol. The van der Waals surface area contributed by atoms with E-state index in [2.05, 4.69) is 21.2 Å². The molecule has 0 amide bonds. The summed E-state index contributed by atoms with van der Waals surface area (Å²) in [5, 5.41) is 3.49. The second kappa shape index (κ2) is 4.59. The molecule has 2 aliphatic heterocycles. The van der Waals surface area contributed by atoms with Crippen LogP contribution in [0.2, 0.25) is 0 Å². The van der Waals surface area contributed by atoms with Gasteiger partial charge in [-0.1, -0.05) is 22.0 Å². The zero-order valence-corrected chi connectivity index (χ0v) is 12.1. The summed E-state index contributed by atoms with van der Waals surface area (Å²) >= 11 is 3.48. The Hall–Kier alpha value is -1.88. The van der Waals surface area contributed by atoms with E-state index in [0.717, 1.165) is 33.0 Å². The molecule has 0 bridgehead atoms. The Labute approximate surface area is 124 Å². The molecule has 20 heavy (non-hydrogen) atoms.